The minimum absolute atomic E-state index is 0.488. The van der Waals surface area contributed by atoms with E-state index < -0.39 is 0 Å². The van der Waals surface area contributed by atoms with Gasteiger partial charge in [0.05, 0.1) is 19.3 Å². The number of nitrogens with zero attached hydrogens (tertiary/aromatic N) is 2. The van der Waals surface area contributed by atoms with Crippen molar-refractivity contribution < 1.29 is 4.74 Å². The predicted octanol–water partition coefficient (Wildman–Crippen LogP) is 1.42. The number of rotatable bonds is 4. The second-order valence-electron chi connectivity index (χ2n) is 4.37. The van der Waals surface area contributed by atoms with Crippen molar-refractivity contribution in [3.8, 4) is 0 Å². The van der Waals surface area contributed by atoms with Gasteiger partial charge in [-0.25, -0.2) is 0 Å². The van der Waals surface area contributed by atoms with E-state index in [0.717, 1.165) is 32.7 Å². The van der Waals surface area contributed by atoms with E-state index in [2.05, 4.69) is 28.2 Å². The maximum Gasteiger partial charge on any atom is 0.0670 e. The van der Waals surface area contributed by atoms with E-state index in [9.17, 15) is 0 Å². The number of nitrogens with one attached hydrogen (secondary N) is 1. The van der Waals surface area contributed by atoms with Gasteiger partial charge in [-0.2, -0.15) is 0 Å². The summed E-state index contributed by atoms with van der Waals surface area (Å²) in [6.07, 6.45) is 4.94. The summed E-state index contributed by atoms with van der Waals surface area (Å²) in [6, 6.07) is 2.60. The zero-order chi connectivity index (χ0) is 12.1. The summed E-state index contributed by atoms with van der Waals surface area (Å²) in [7, 11) is 1.97. The molecule has 1 aliphatic heterocycles. The highest BCUT2D eigenvalue weighted by Gasteiger charge is 2.23. The number of aromatic nitrogens is 1. The first-order chi connectivity index (χ1) is 8.36. The van der Waals surface area contributed by atoms with Crippen LogP contribution in [0, 0.1) is 0 Å². The summed E-state index contributed by atoms with van der Waals surface area (Å²) in [5, 5.41) is 3.20. The molecule has 1 unspecified atom stereocenters. The molecule has 17 heavy (non-hydrogen) atoms. The average Bonchev–Trinajstić information content (AvgIpc) is 2.40. The van der Waals surface area contributed by atoms with Crippen molar-refractivity contribution in [2.45, 2.75) is 25.9 Å². The fourth-order valence-electron chi connectivity index (χ4n) is 2.34. The van der Waals surface area contributed by atoms with Crippen LogP contribution >= 0.6 is 0 Å². The Labute approximate surface area is 103 Å². The van der Waals surface area contributed by atoms with Crippen molar-refractivity contribution in [1.29, 1.82) is 0 Å². The highest BCUT2D eigenvalue weighted by atomic mass is 16.5. The molecule has 0 aromatic carbocycles. The molecule has 0 aliphatic carbocycles. The lowest BCUT2D eigenvalue weighted by atomic mass is 10.1. The molecule has 0 radical (unpaired) electrons. The van der Waals surface area contributed by atoms with E-state index in [4.69, 9.17) is 4.74 Å². The van der Waals surface area contributed by atoms with E-state index in [-0.39, 0.29) is 0 Å². The Bertz CT molecular complexity index is 356. The van der Waals surface area contributed by atoms with Gasteiger partial charge in [0.1, 0.15) is 0 Å². The van der Waals surface area contributed by atoms with Gasteiger partial charge in [0.15, 0.2) is 0 Å². The van der Waals surface area contributed by atoms with Crippen LogP contribution in [0.5, 0.6) is 0 Å². The summed E-state index contributed by atoms with van der Waals surface area (Å²) < 4.78 is 5.55. The van der Waals surface area contributed by atoms with Crippen LogP contribution < -0.4 is 10.2 Å². The van der Waals surface area contributed by atoms with Crippen molar-refractivity contribution in [2.24, 2.45) is 0 Å². The monoisotopic (exact) mass is 235 g/mol. The summed E-state index contributed by atoms with van der Waals surface area (Å²) in [5.74, 6) is 0. The minimum atomic E-state index is 0.488. The number of hydrogen-bond donors (Lipinski definition) is 1. The topological polar surface area (TPSA) is 37.4 Å². The van der Waals surface area contributed by atoms with Crippen LogP contribution in [0.25, 0.3) is 0 Å². The first kappa shape index (κ1) is 12.3. The van der Waals surface area contributed by atoms with Crippen molar-refractivity contribution in [3.63, 3.8) is 0 Å². The van der Waals surface area contributed by atoms with E-state index in [1.54, 1.807) is 0 Å². The van der Waals surface area contributed by atoms with Crippen molar-refractivity contribution in [3.05, 3.63) is 24.0 Å². The SMILES string of the molecule is CCC1COCCN1c1ccncc1CNC. The van der Waals surface area contributed by atoms with Gasteiger partial charge in [-0.1, -0.05) is 6.92 Å². The average molecular weight is 235 g/mol. The van der Waals surface area contributed by atoms with E-state index >= 15 is 0 Å². The lowest BCUT2D eigenvalue weighted by molar-refractivity contribution is 0.0929. The molecule has 0 bridgehead atoms. The van der Waals surface area contributed by atoms with Crippen molar-refractivity contribution in [2.75, 3.05) is 31.7 Å². The summed E-state index contributed by atoms with van der Waals surface area (Å²) in [4.78, 5) is 6.67. The smallest absolute Gasteiger partial charge is 0.0670 e. The third-order valence-corrected chi connectivity index (χ3v) is 3.25. The molecule has 1 N–H and O–H groups in total. The van der Waals surface area contributed by atoms with Crippen LogP contribution in [0.15, 0.2) is 18.5 Å². The van der Waals surface area contributed by atoms with E-state index in [0.29, 0.717) is 6.04 Å². The lowest BCUT2D eigenvalue weighted by Gasteiger charge is -2.38. The van der Waals surface area contributed by atoms with Gasteiger partial charge in [0.2, 0.25) is 0 Å². The maximum atomic E-state index is 5.55. The highest BCUT2D eigenvalue weighted by Crippen LogP contribution is 2.24. The second-order valence-corrected chi connectivity index (χ2v) is 4.37. The van der Waals surface area contributed by atoms with Crippen molar-refractivity contribution >= 4 is 5.69 Å². The van der Waals surface area contributed by atoms with Crippen LogP contribution in [0.1, 0.15) is 18.9 Å². The normalized spacial score (nSPS) is 20.6. The Morgan fingerprint density at radius 1 is 1.59 bits per heavy atom. The molecule has 1 atom stereocenters. The maximum absolute atomic E-state index is 5.55. The standard InChI is InChI=1S/C13H21N3O/c1-3-12-10-17-7-6-16(12)13-4-5-15-9-11(13)8-14-2/h4-5,9,12,14H,3,6-8,10H2,1-2H3. The number of hydrogen-bond acceptors (Lipinski definition) is 4. The third-order valence-electron chi connectivity index (χ3n) is 3.25. The molecule has 1 fully saturated rings. The Morgan fingerprint density at radius 2 is 2.47 bits per heavy atom. The van der Waals surface area contributed by atoms with Gasteiger partial charge in [-0.15, -0.1) is 0 Å². The Kier molecular flexibility index (Phi) is 4.34. The molecule has 94 valence electrons. The van der Waals surface area contributed by atoms with Crippen molar-refractivity contribution in [1.82, 2.24) is 10.3 Å². The molecule has 0 saturated carbocycles. The van der Waals surface area contributed by atoms with Crippen LogP contribution in [0.2, 0.25) is 0 Å². The number of pyridine rings is 1. The zero-order valence-corrected chi connectivity index (χ0v) is 10.6. The summed E-state index contributed by atoms with van der Waals surface area (Å²) >= 11 is 0. The fraction of sp³-hybridized carbons (Fsp3) is 0.615. The molecule has 1 aromatic heterocycles. The van der Waals surface area contributed by atoms with Gasteiger partial charge < -0.3 is 15.0 Å². The number of ether oxygens (including phenoxy) is 1. The second kappa shape index (κ2) is 5.98. The molecule has 0 spiro atoms. The predicted molar refractivity (Wildman–Crippen MR) is 69.2 cm³/mol. The Balaban J connectivity index is 2.24. The highest BCUT2D eigenvalue weighted by molar-refractivity contribution is 5.53. The first-order valence-electron chi connectivity index (χ1n) is 6.28. The molecule has 1 aliphatic rings. The molecular formula is C13H21N3O. The molecule has 0 amide bonds. The molecule has 4 nitrogen and oxygen atoms in total. The lowest BCUT2D eigenvalue weighted by Crippen LogP contribution is -2.45. The number of morpholine rings is 1. The largest absolute Gasteiger partial charge is 0.377 e. The summed E-state index contributed by atoms with van der Waals surface area (Å²) in [6.45, 7) is 5.69. The van der Waals surface area contributed by atoms with Crippen LogP contribution in [0.4, 0.5) is 5.69 Å². The first-order valence-corrected chi connectivity index (χ1v) is 6.28. The van der Waals surface area contributed by atoms with Gasteiger partial charge in [0, 0.05) is 36.7 Å². The van der Waals surface area contributed by atoms with E-state index in [1.807, 2.05) is 19.4 Å². The fourth-order valence-corrected chi connectivity index (χ4v) is 2.34. The minimum Gasteiger partial charge on any atom is -0.377 e. The third kappa shape index (κ3) is 2.76. The van der Waals surface area contributed by atoms with Gasteiger partial charge in [-0.3, -0.25) is 4.98 Å². The molecule has 1 saturated heterocycles. The van der Waals surface area contributed by atoms with Gasteiger partial charge >= 0.3 is 0 Å². The molecule has 1 aromatic rings. The molecular weight excluding hydrogens is 214 g/mol. The quantitative estimate of drug-likeness (QED) is 0.856. The van der Waals surface area contributed by atoms with Crippen LogP contribution in [-0.2, 0) is 11.3 Å². The Morgan fingerprint density at radius 3 is 3.24 bits per heavy atom. The number of anilines is 1. The van der Waals surface area contributed by atoms with Gasteiger partial charge in [-0.05, 0) is 19.5 Å². The Hall–Kier alpha value is -1.13. The summed E-state index contributed by atoms with van der Waals surface area (Å²) in [5.41, 5.74) is 2.56. The molecule has 2 heterocycles. The molecule has 4 heteroatoms. The zero-order valence-electron chi connectivity index (χ0n) is 10.6. The van der Waals surface area contributed by atoms with Crippen LogP contribution in [0.3, 0.4) is 0 Å². The van der Waals surface area contributed by atoms with E-state index in [1.165, 1.54) is 11.3 Å². The van der Waals surface area contributed by atoms with Crippen LogP contribution in [-0.4, -0.2) is 37.8 Å². The molecule has 2 rings (SSSR count). The van der Waals surface area contributed by atoms with Gasteiger partial charge in [0.25, 0.3) is 0 Å².